The van der Waals surface area contributed by atoms with E-state index in [9.17, 15) is 14.7 Å². The molecule has 0 saturated heterocycles. The summed E-state index contributed by atoms with van der Waals surface area (Å²) < 4.78 is 5.64. The molecule has 168 valence electrons. The van der Waals surface area contributed by atoms with Crippen LogP contribution in [0.1, 0.15) is 38.8 Å². The van der Waals surface area contributed by atoms with Crippen LogP contribution < -0.4 is 10.1 Å². The molecule has 0 unspecified atom stereocenters. The van der Waals surface area contributed by atoms with Gasteiger partial charge in [0.15, 0.2) is 0 Å². The summed E-state index contributed by atoms with van der Waals surface area (Å²) in [5.41, 5.74) is 1.86. The fraction of sp³-hybridized carbons (Fsp3) is 0.440. The maximum Gasteiger partial charge on any atom is 0.326 e. The number of aliphatic carboxylic acids is 1. The third-order valence-electron chi connectivity index (χ3n) is 4.94. The van der Waals surface area contributed by atoms with E-state index in [1.165, 1.54) is 4.90 Å². The van der Waals surface area contributed by atoms with Crippen molar-refractivity contribution in [2.75, 3.05) is 7.05 Å². The molecule has 0 aliphatic rings. The molecule has 0 aromatic heterocycles. The van der Waals surface area contributed by atoms with Gasteiger partial charge in [0.1, 0.15) is 11.8 Å². The molecular weight excluding hydrogens is 392 g/mol. The van der Waals surface area contributed by atoms with Crippen LogP contribution in [0.5, 0.6) is 5.75 Å². The van der Waals surface area contributed by atoms with Crippen LogP contribution in [0.2, 0.25) is 0 Å². The van der Waals surface area contributed by atoms with Crippen molar-refractivity contribution in [3.05, 3.63) is 65.7 Å². The number of nitrogens with one attached hydrogen (secondary N) is 1. The van der Waals surface area contributed by atoms with Gasteiger partial charge in [-0.25, -0.2) is 4.79 Å². The van der Waals surface area contributed by atoms with E-state index in [1.807, 2.05) is 82.3 Å². The molecule has 2 atom stereocenters. The first-order chi connectivity index (χ1) is 14.7. The first-order valence-electron chi connectivity index (χ1n) is 10.7. The highest BCUT2D eigenvalue weighted by molar-refractivity contribution is 5.87. The Morgan fingerprint density at radius 2 is 1.52 bits per heavy atom. The lowest BCUT2D eigenvalue weighted by Gasteiger charge is -2.30. The maximum absolute atomic E-state index is 13.3. The van der Waals surface area contributed by atoms with Gasteiger partial charge in [-0.1, -0.05) is 56.3 Å². The van der Waals surface area contributed by atoms with Gasteiger partial charge >= 0.3 is 5.97 Å². The number of carboxylic acids is 1. The number of hydrogen-bond acceptors (Lipinski definition) is 4. The molecule has 2 aromatic rings. The Hall–Kier alpha value is -2.86. The quantitative estimate of drug-likeness (QED) is 0.575. The molecule has 0 radical (unpaired) electrons. The number of benzene rings is 2. The summed E-state index contributed by atoms with van der Waals surface area (Å²) in [5, 5.41) is 13.1. The highest BCUT2D eigenvalue weighted by atomic mass is 16.5. The minimum Gasteiger partial charge on any atom is -0.491 e. The number of carboxylic acid groups (broad SMARTS) is 1. The summed E-state index contributed by atoms with van der Waals surface area (Å²) in [6.07, 6.45) is 0.783. The first kappa shape index (κ1) is 24.4. The smallest absolute Gasteiger partial charge is 0.326 e. The van der Waals surface area contributed by atoms with E-state index in [4.69, 9.17) is 4.74 Å². The number of carbonyl (C=O) groups excluding carboxylic acids is 1. The molecule has 6 heteroatoms. The second kappa shape index (κ2) is 11.5. The molecular formula is C25H34N2O4. The van der Waals surface area contributed by atoms with Crippen LogP contribution in [0.25, 0.3) is 0 Å². The summed E-state index contributed by atoms with van der Waals surface area (Å²) in [6.45, 7) is 7.85. The Balaban J connectivity index is 2.16. The summed E-state index contributed by atoms with van der Waals surface area (Å²) in [4.78, 5) is 26.7. The highest BCUT2D eigenvalue weighted by Crippen LogP contribution is 2.17. The van der Waals surface area contributed by atoms with E-state index in [-0.39, 0.29) is 24.5 Å². The summed E-state index contributed by atoms with van der Waals surface area (Å²) in [5.74, 6) is -0.523. The van der Waals surface area contributed by atoms with Crippen molar-refractivity contribution >= 4 is 11.9 Å². The molecule has 1 amide bonds. The van der Waals surface area contributed by atoms with Gasteiger partial charge in [-0.3, -0.25) is 4.79 Å². The number of amides is 1. The number of hydrogen-bond donors (Lipinski definition) is 2. The minimum atomic E-state index is -1.03. The van der Waals surface area contributed by atoms with Gasteiger partial charge in [-0.05, 0) is 43.5 Å². The van der Waals surface area contributed by atoms with Crippen LogP contribution in [0, 0.1) is 0 Å². The largest absolute Gasteiger partial charge is 0.491 e. The van der Waals surface area contributed by atoms with E-state index in [0.29, 0.717) is 6.42 Å². The lowest BCUT2D eigenvalue weighted by Crippen LogP contribution is -2.53. The van der Waals surface area contributed by atoms with Crippen molar-refractivity contribution in [2.45, 2.75) is 64.8 Å². The molecule has 2 rings (SSSR count). The normalized spacial score (nSPS) is 13.1. The Bertz CT molecular complexity index is 834. The van der Waals surface area contributed by atoms with E-state index < -0.39 is 18.1 Å². The second-order valence-electron chi connectivity index (χ2n) is 8.38. The van der Waals surface area contributed by atoms with Crippen molar-refractivity contribution in [1.82, 2.24) is 10.2 Å². The van der Waals surface area contributed by atoms with Gasteiger partial charge < -0.3 is 20.1 Å². The van der Waals surface area contributed by atoms with Crippen molar-refractivity contribution < 1.29 is 19.4 Å². The Morgan fingerprint density at radius 3 is 2.03 bits per heavy atom. The predicted octanol–water partition coefficient (Wildman–Crippen LogP) is 3.54. The Morgan fingerprint density at radius 1 is 0.935 bits per heavy atom. The predicted molar refractivity (Wildman–Crippen MR) is 122 cm³/mol. The molecule has 2 aromatic carbocycles. The monoisotopic (exact) mass is 426 g/mol. The zero-order valence-electron chi connectivity index (χ0n) is 19.0. The van der Waals surface area contributed by atoms with E-state index in [0.717, 1.165) is 16.9 Å². The Labute approximate surface area is 185 Å². The molecule has 0 fully saturated rings. The SMILES string of the molecule is CC(C)N[C@@H](Cc1ccccc1)C(=O)N(C)[C@@H](Cc1ccc(OC(C)C)cc1)C(=O)O. The third-order valence-corrected chi connectivity index (χ3v) is 4.94. The van der Waals surface area contributed by atoms with Gasteiger partial charge in [0.2, 0.25) is 5.91 Å². The lowest BCUT2D eigenvalue weighted by atomic mass is 10.0. The standard InChI is InChI=1S/C25H34N2O4/c1-17(2)26-22(15-19-9-7-6-8-10-19)24(28)27(5)23(25(29)30)16-20-11-13-21(14-12-20)31-18(3)4/h6-14,17-18,22-23,26H,15-16H2,1-5H3,(H,29,30)/t22-,23-/m0/s1. The number of nitrogens with zero attached hydrogens (tertiary/aromatic N) is 1. The number of rotatable bonds is 11. The number of ether oxygens (including phenoxy) is 1. The van der Waals surface area contributed by atoms with Gasteiger partial charge in [0.05, 0.1) is 12.1 Å². The Kier molecular flexibility index (Phi) is 9.06. The first-order valence-corrected chi connectivity index (χ1v) is 10.7. The summed E-state index contributed by atoms with van der Waals surface area (Å²) in [6, 6.07) is 15.7. The molecule has 0 saturated carbocycles. The second-order valence-corrected chi connectivity index (χ2v) is 8.38. The average Bonchev–Trinajstić information content (AvgIpc) is 2.71. The fourth-order valence-corrected chi connectivity index (χ4v) is 3.46. The van der Waals surface area contributed by atoms with Crippen LogP contribution in [0.4, 0.5) is 0 Å². The van der Waals surface area contributed by atoms with E-state index in [1.54, 1.807) is 7.05 Å². The zero-order chi connectivity index (χ0) is 23.0. The molecule has 0 aliphatic carbocycles. The number of carbonyl (C=O) groups is 2. The summed E-state index contributed by atoms with van der Waals surface area (Å²) >= 11 is 0. The van der Waals surface area contributed by atoms with Crippen molar-refractivity contribution in [1.29, 1.82) is 0 Å². The van der Waals surface area contributed by atoms with Gasteiger partial charge in [-0.15, -0.1) is 0 Å². The van der Waals surface area contributed by atoms with Crippen molar-refractivity contribution in [2.24, 2.45) is 0 Å². The van der Waals surface area contributed by atoms with Gasteiger partial charge in [0.25, 0.3) is 0 Å². The van der Waals surface area contributed by atoms with Gasteiger partial charge in [0, 0.05) is 19.5 Å². The molecule has 0 bridgehead atoms. The molecule has 6 nitrogen and oxygen atoms in total. The van der Waals surface area contributed by atoms with Crippen LogP contribution in [-0.2, 0) is 22.4 Å². The molecule has 2 N–H and O–H groups in total. The van der Waals surface area contributed by atoms with Crippen LogP contribution >= 0.6 is 0 Å². The molecule has 0 heterocycles. The van der Waals surface area contributed by atoms with E-state index in [2.05, 4.69) is 5.32 Å². The highest BCUT2D eigenvalue weighted by Gasteiger charge is 2.31. The third kappa shape index (κ3) is 7.72. The summed E-state index contributed by atoms with van der Waals surface area (Å²) in [7, 11) is 1.57. The number of likely N-dealkylation sites (N-methyl/N-ethyl adjacent to an activating group) is 1. The molecule has 0 aliphatic heterocycles. The maximum atomic E-state index is 13.3. The molecule has 0 spiro atoms. The minimum absolute atomic E-state index is 0.0661. The van der Waals surface area contributed by atoms with Gasteiger partial charge in [-0.2, -0.15) is 0 Å². The van der Waals surface area contributed by atoms with Crippen LogP contribution in [0.15, 0.2) is 54.6 Å². The van der Waals surface area contributed by atoms with E-state index >= 15 is 0 Å². The van der Waals surface area contributed by atoms with Crippen LogP contribution in [-0.4, -0.2) is 53.2 Å². The lowest BCUT2D eigenvalue weighted by molar-refractivity contribution is -0.149. The van der Waals surface area contributed by atoms with Crippen molar-refractivity contribution in [3.8, 4) is 5.75 Å². The van der Waals surface area contributed by atoms with Crippen LogP contribution in [0.3, 0.4) is 0 Å². The average molecular weight is 427 g/mol. The molecule has 31 heavy (non-hydrogen) atoms. The fourth-order valence-electron chi connectivity index (χ4n) is 3.46. The van der Waals surface area contributed by atoms with Crippen molar-refractivity contribution in [3.63, 3.8) is 0 Å². The zero-order valence-corrected chi connectivity index (χ0v) is 19.0. The topological polar surface area (TPSA) is 78.9 Å².